The molecule has 4 rings (SSSR count). The van der Waals surface area contributed by atoms with Crippen molar-refractivity contribution < 1.29 is 0 Å². The Hall–Kier alpha value is -0.260. The molecule has 6 atom stereocenters. The maximum absolute atomic E-state index is 4.45. The average Bonchev–Trinajstić information content (AvgIpc) is 2.74. The van der Waals surface area contributed by atoms with Gasteiger partial charge in [-0.2, -0.15) is 0 Å². The molecule has 0 amide bonds. The van der Waals surface area contributed by atoms with Crippen molar-refractivity contribution >= 4 is 0 Å². The van der Waals surface area contributed by atoms with E-state index in [-0.39, 0.29) is 7.43 Å². The topological polar surface area (TPSA) is 0 Å². The van der Waals surface area contributed by atoms with Crippen molar-refractivity contribution in [2.24, 2.45) is 34.5 Å². The van der Waals surface area contributed by atoms with E-state index < -0.39 is 0 Å². The van der Waals surface area contributed by atoms with Crippen molar-refractivity contribution in [3.63, 3.8) is 0 Å². The molecule has 4 saturated carbocycles. The van der Waals surface area contributed by atoms with Crippen LogP contribution in [-0.2, 0) is 0 Å². The summed E-state index contributed by atoms with van der Waals surface area (Å²) in [5.74, 6) is 4.12. The second-order valence-electron chi connectivity index (χ2n) is 9.00. The van der Waals surface area contributed by atoms with Gasteiger partial charge in [0.2, 0.25) is 0 Å². The highest BCUT2D eigenvalue weighted by Crippen LogP contribution is 2.67. The molecular formula is C21H36. The van der Waals surface area contributed by atoms with E-state index in [1.54, 1.807) is 12.0 Å². The molecule has 0 heteroatoms. The molecule has 0 aromatic heterocycles. The molecule has 0 aliphatic heterocycles. The predicted molar refractivity (Wildman–Crippen MR) is 92.2 cm³/mol. The zero-order valence-corrected chi connectivity index (χ0v) is 13.6. The molecule has 6 unspecified atom stereocenters. The molecule has 0 radical (unpaired) electrons. The third-order valence-corrected chi connectivity index (χ3v) is 8.54. The fourth-order valence-electron chi connectivity index (χ4n) is 7.20. The normalized spacial score (nSPS) is 52.4. The van der Waals surface area contributed by atoms with Gasteiger partial charge in [0, 0.05) is 0 Å². The third-order valence-electron chi connectivity index (χ3n) is 8.54. The minimum Gasteiger partial charge on any atom is -0.0993 e. The SMILES string of the molecule is C.C=C1CCC2C3CCC4CCCCC4(C)C3CCC12C. The van der Waals surface area contributed by atoms with Gasteiger partial charge in [-0.15, -0.1) is 0 Å². The predicted octanol–water partition coefficient (Wildman–Crippen LogP) is 6.61. The maximum Gasteiger partial charge on any atom is -0.00879 e. The highest BCUT2D eigenvalue weighted by atomic mass is 14.6. The van der Waals surface area contributed by atoms with Crippen molar-refractivity contribution in [3.05, 3.63) is 12.2 Å². The van der Waals surface area contributed by atoms with Gasteiger partial charge in [0.05, 0.1) is 0 Å². The van der Waals surface area contributed by atoms with Gasteiger partial charge in [0.1, 0.15) is 0 Å². The van der Waals surface area contributed by atoms with Crippen LogP contribution in [0.3, 0.4) is 0 Å². The van der Waals surface area contributed by atoms with E-state index in [1.807, 2.05) is 0 Å². The minimum atomic E-state index is 0. The molecule has 4 aliphatic rings. The van der Waals surface area contributed by atoms with E-state index >= 15 is 0 Å². The summed E-state index contributed by atoms with van der Waals surface area (Å²) in [7, 11) is 0. The summed E-state index contributed by atoms with van der Waals surface area (Å²) < 4.78 is 0. The molecule has 0 bridgehead atoms. The van der Waals surface area contributed by atoms with E-state index in [9.17, 15) is 0 Å². The van der Waals surface area contributed by atoms with Gasteiger partial charge in [-0.25, -0.2) is 0 Å². The summed E-state index contributed by atoms with van der Waals surface area (Å²) in [6, 6.07) is 0. The molecule has 4 aliphatic carbocycles. The fourth-order valence-corrected chi connectivity index (χ4v) is 7.20. The highest BCUT2D eigenvalue weighted by Gasteiger charge is 2.57. The van der Waals surface area contributed by atoms with Crippen LogP contribution in [0, 0.1) is 34.5 Å². The van der Waals surface area contributed by atoms with Gasteiger partial charge in [0.15, 0.2) is 0 Å². The van der Waals surface area contributed by atoms with Gasteiger partial charge in [0.25, 0.3) is 0 Å². The van der Waals surface area contributed by atoms with E-state index in [2.05, 4.69) is 20.4 Å². The molecule has 0 heterocycles. The van der Waals surface area contributed by atoms with Crippen LogP contribution in [0.25, 0.3) is 0 Å². The first-order chi connectivity index (χ1) is 9.56. The van der Waals surface area contributed by atoms with Gasteiger partial charge >= 0.3 is 0 Å². The lowest BCUT2D eigenvalue weighted by Gasteiger charge is -2.60. The van der Waals surface area contributed by atoms with Crippen LogP contribution in [0.15, 0.2) is 12.2 Å². The van der Waals surface area contributed by atoms with E-state index in [0.717, 1.165) is 23.7 Å². The molecular weight excluding hydrogens is 252 g/mol. The van der Waals surface area contributed by atoms with E-state index in [1.165, 1.54) is 57.8 Å². The number of fused-ring (bicyclic) bond motifs is 5. The molecule has 0 aromatic rings. The van der Waals surface area contributed by atoms with Crippen LogP contribution in [0.5, 0.6) is 0 Å². The largest absolute Gasteiger partial charge is 0.0993 e. The minimum absolute atomic E-state index is 0. The number of hydrogen-bond donors (Lipinski definition) is 0. The Labute approximate surface area is 132 Å². The Morgan fingerprint density at radius 1 is 0.905 bits per heavy atom. The Bertz CT molecular complexity index is 422. The molecule has 21 heavy (non-hydrogen) atoms. The van der Waals surface area contributed by atoms with Crippen molar-refractivity contribution in [3.8, 4) is 0 Å². The summed E-state index contributed by atoms with van der Waals surface area (Å²) in [6.45, 7) is 9.68. The second-order valence-corrected chi connectivity index (χ2v) is 9.00. The van der Waals surface area contributed by atoms with Crippen LogP contribution >= 0.6 is 0 Å². The van der Waals surface area contributed by atoms with Crippen molar-refractivity contribution in [1.82, 2.24) is 0 Å². The first-order valence-corrected chi connectivity index (χ1v) is 9.24. The molecule has 0 spiro atoms. The van der Waals surface area contributed by atoms with Crippen LogP contribution in [0.4, 0.5) is 0 Å². The molecule has 0 saturated heterocycles. The van der Waals surface area contributed by atoms with Gasteiger partial charge in [-0.05, 0) is 85.9 Å². The third kappa shape index (κ3) is 2.00. The average molecular weight is 289 g/mol. The van der Waals surface area contributed by atoms with Crippen LogP contribution in [-0.4, -0.2) is 0 Å². The van der Waals surface area contributed by atoms with Gasteiger partial charge in [-0.3, -0.25) is 0 Å². The summed E-state index contributed by atoms with van der Waals surface area (Å²) in [5.41, 5.74) is 2.81. The maximum atomic E-state index is 4.45. The zero-order valence-electron chi connectivity index (χ0n) is 13.6. The Morgan fingerprint density at radius 3 is 2.52 bits per heavy atom. The van der Waals surface area contributed by atoms with Crippen molar-refractivity contribution in [2.75, 3.05) is 0 Å². The summed E-state index contributed by atoms with van der Waals surface area (Å²) in [6.07, 6.45) is 14.9. The van der Waals surface area contributed by atoms with Crippen molar-refractivity contribution in [2.45, 2.75) is 85.5 Å². The Kier molecular flexibility index (Phi) is 3.82. The highest BCUT2D eigenvalue weighted by molar-refractivity contribution is 5.21. The van der Waals surface area contributed by atoms with Crippen LogP contribution in [0.1, 0.15) is 85.5 Å². The molecule has 0 N–H and O–H groups in total. The molecule has 120 valence electrons. The Morgan fingerprint density at radius 2 is 1.71 bits per heavy atom. The number of allylic oxidation sites excluding steroid dienone is 1. The molecule has 0 nitrogen and oxygen atoms in total. The Balaban J connectivity index is 0.00000132. The number of rotatable bonds is 0. The summed E-state index contributed by atoms with van der Waals surface area (Å²) in [5, 5.41) is 0. The standard InChI is InChI=1S/C20H32.CH4/c1-14-7-10-17-16-9-8-15-6-4-5-12-20(15,3)18(16)11-13-19(14,17)2;/h15-18H,1,4-13H2,2-3H3;1H4. The lowest BCUT2D eigenvalue weighted by Crippen LogP contribution is -2.51. The lowest BCUT2D eigenvalue weighted by molar-refractivity contribution is -0.0972. The summed E-state index contributed by atoms with van der Waals surface area (Å²) in [4.78, 5) is 0. The fraction of sp³-hybridized carbons (Fsp3) is 0.905. The first kappa shape index (κ1) is 15.6. The van der Waals surface area contributed by atoms with Crippen LogP contribution in [0.2, 0.25) is 0 Å². The smallest absolute Gasteiger partial charge is 0.00879 e. The quantitative estimate of drug-likeness (QED) is 0.440. The molecule has 0 aromatic carbocycles. The van der Waals surface area contributed by atoms with Crippen molar-refractivity contribution in [1.29, 1.82) is 0 Å². The zero-order chi connectivity index (χ0) is 14.0. The monoisotopic (exact) mass is 288 g/mol. The van der Waals surface area contributed by atoms with Gasteiger partial charge < -0.3 is 0 Å². The van der Waals surface area contributed by atoms with Crippen LogP contribution < -0.4 is 0 Å². The summed E-state index contributed by atoms with van der Waals surface area (Å²) >= 11 is 0. The number of hydrogen-bond acceptors (Lipinski definition) is 0. The second kappa shape index (κ2) is 5.14. The first-order valence-electron chi connectivity index (χ1n) is 9.24. The molecule has 4 fully saturated rings. The van der Waals surface area contributed by atoms with E-state index in [4.69, 9.17) is 0 Å². The van der Waals surface area contributed by atoms with E-state index in [0.29, 0.717) is 10.8 Å². The lowest BCUT2D eigenvalue weighted by atomic mass is 9.45. The van der Waals surface area contributed by atoms with Gasteiger partial charge in [-0.1, -0.05) is 46.3 Å².